The van der Waals surface area contributed by atoms with Crippen molar-refractivity contribution < 1.29 is 27.8 Å². The molecular weight excluding hydrogens is 260 g/mol. The second-order valence-electron chi connectivity index (χ2n) is 3.40. The molecule has 0 amide bonds. The Bertz CT molecular complexity index is 378. The molecule has 0 atom stereocenters. The summed E-state index contributed by atoms with van der Waals surface area (Å²) in [4.78, 5) is 10.5. The molecule has 0 aliphatic heterocycles. The minimum absolute atomic E-state index is 0.0931. The van der Waals surface area contributed by atoms with Crippen molar-refractivity contribution in [1.82, 2.24) is 0 Å². The van der Waals surface area contributed by atoms with Crippen LogP contribution in [0.2, 0.25) is 0 Å². The first-order valence-electron chi connectivity index (χ1n) is 5.76. The topological polar surface area (TPSA) is 89.9 Å². The standard InChI is InChI=1S/C11H20O6S/c1-4-16-11(17-5-2)8-9(7-10(12)13)18(14,15)6-3/h7,11H,4-6,8H2,1-3H3,(H,12,13). The van der Waals surface area contributed by atoms with Crippen molar-refractivity contribution in [3.8, 4) is 0 Å². The zero-order valence-electron chi connectivity index (χ0n) is 10.9. The van der Waals surface area contributed by atoms with Crippen LogP contribution in [-0.4, -0.2) is 44.8 Å². The van der Waals surface area contributed by atoms with E-state index in [0.29, 0.717) is 19.3 Å². The van der Waals surface area contributed by atoms with E-state index in [1.165, 1.54) is 6.92 Å². The van der Waals surface area contributed by atoms with Crippen LogP contribution in [0, 0.1) is 0 Å². The highest BCUT2D eigenvalue weighted by Crippen LogP contribution is 2.17. The molecule has 0 saturated heterocycles. The van der Waals surface area contributed by atoms with Gasteiger partial charge >= 0.3 is 5.97 Å². The van der Waals surface area contributed by atoms with Crippen LogP contribution in [0.5, 0.6) is 0 Å². The Balaban J connectivity index is 5.05. The summed E-state index contributed by atoms with van der Waals surface area (Å²) in [5.74, 6) is -1.45. The lowest BCUT2D eigenvalue weighted by Gasteiger charge is -2.18. The van der Waals surface area contributed by atoms with Gasteiger partial charge < -0.3 is 14.6 Å². The molecule has 0 aromatic carbocycles. The zero-order chi connectivity index (χ0) is 14.2. The van der Waals surface area contributed by atoms with Crippen molar-refractivity contribution in [1.29, 1.82) is 0 Å². The second-order valence-corrected chi connectivity index (χ2v) is 5.73. The van der Waals surface area contributed by atoms with Crippen molar-refractivity contribution in [2.45, 2.75) is 33.5 Å². The number of aliphatic carboxylic acids is 1. The predicted octanol–water partition coefficient (Wildman–Crippen LogP) is 1.18. The lowest BCUT2D eigenvalue weighted by Crippen LogP contribution is -2.21. The Hall–Kier alpha value is -0.920. The smallest absolute Gasteiger partial charge is 0.329 e. The molecular formula is C11H20O6S. The van der Waals surface area contributed by atoms with Gasteiger partial charge in [0.25, 0.3) is 0 Å². The Kier molecular flexibility index (Phi) is 7.81. The summed E-state index contributed by atoms with van der Waals surface area (Å²) in [6.07, 6.45) is -0.138. The van der Waals surface area contributed by atoms with Gasteiger partial charge in [0.05, 0.1) is 10.7 Å². The normalized spacial score (nSPS) is 13.0. The minimum atomic E-state index is -3.57. The number of hydrogen-bond donors (Lipinski definition) is 1. The highest BCUT2D eigenvalue weighted by Gasteiger charge is 2.22. The second kappa shape index (κ2) is 8.23. The molecule has 1 N–H and O–H groups in total. The van der Waals surface area contributed by atoms with E-state index in [9.17, 15) is 13.2 Å². The van der Waals surface area contributed by atoms with Crippen LogP contribution in [-0.2, 0) is 24.1 Å². The van der Waals surface area contributed by atoms with Gasteiger partial charge in [0.15, 0.2) is 16.1 Å². The number of carbonyl (C=O) groups is 1. The van der Waals surface area contributed by atoms with Gasteiger partial charge in [-0.3, -0.25) is 0 Å². The summed E-state index contributed by atoms with van der Waals surface area (Å²) in [7, 11) is -3.57. The molecule has 0 aromatic heterocycles. The Morgan fingerprint density at radius 2 is 1.72 bits per heavy atom. The highest BCUT2D eigenvalue weighted by molar-refractivity contribution is 7.95. The third-order valence-electron chi connectivity index (χ3n) is 2.14. The van der Waals surface area contributed by atoms with E-state index in [2.05, 4.69) is 0 Å². The number of sulfone groups is 1. The van der Waals surface area contributed by atoms with Crippen LogP contribution in [0.3, 0.4) is 0 Å². The van der Waals surface area contributed by atoms with Gasteiger partial charge in [0, 0.05) is 25.7 Å². The quantitative estimate of drug-likeness (QED) is 0.504. The largest absolute Gasteiger partial charge is 0.478 e. The summed E-state index contributed by atoms with van der Waals surface area (Å²) in [5.41, 5.74) is 0. The molecule has 106 valence electrons. The number of ether oxygens (including phenoxy) is 2. The van der Waals surface area contributed by atoms with E-state index >= 15 is 0 Å². The first kappa shape index (κ1) is 17.1. The number of carboxylic acids is 1. The van der Waals surface area contributed by atoms with Gasteiger partial charge in [-0.25, -0.2) is 13.2 Å². The van der Waals surface area contributed by atoms with Gasteiger partial charge in [0.2, 0.25) is 0 Å². The Morgan fingerprint density at radius 1 is 1.22 bits per heavy atom. The molecule has 0 rings (SSSR count). The third kappa shape index (κ3) is 6.13. The molecule has 7 heteroatoms. The molecule has 18 heavy (non-hydrogen) atoms. The fourth-order valence-electron chi connectivity index (χ4n) is 1.30. The first-order valence-corrected chi connectivity index (χ1v) is 7.42. The maximum atomic E-state index is 11.7. The summed E-state index contributed by atoms with van der Waals surface area (Å²) in [5, 5.41) is 8.69. The van der Waals surface area contributed by atoms with Crippen LogP contribution in [0.25, 0.3) is 0 Å². The monoisotopic (exact) mass is 280 g/mol. The van der Waals surface area contributed by atoms with Gasteiger partial charge in [-0.05, 0) is 13.8 Å². The molecule has 0 aromatic rings. The van der Waals surface area contributed by atoms with Crippen molar-refractivity contribution >= 4 is 15.8 Å². The SMILES string of the molecule is CCOC(CC(=CC(=O)O)S(=O)(=O)CC)OCC. The molecule has 0 fully saturated rings. The molecule has 0 aliphatic carbocycles. The molecule has 0 radical (unpaired) electrons. The molecule has 0 spiro atoms. The molecule has 0 heterocycles. The van der Waals surface area contributed by atoms with E-state index in [1.54, 1.807) is 13.8 Å². The average Bonchev–Trinajstić information content (AvgIpc) is 2.28. The van der Waals surface area contributed by atoms with E-state index in [0.717, 1.165) is 0 Å². The Morgan fingerprint density at radius 3 is 2.06 bits per heavy atom. The average molecular weight is 280 g/mol. The third-order valence-corrected chi connectivity index (χ3v) is 3.98. The maximum absolute atomic E-state index is 11.7. The van der Waals surface area contributed by atoms with Gasteiger partial charge in [-0.1, -0.05) is 6.92 Å². The number of carboxylic acid groups (broad SMARTS) is 1. The zero-order valence-corrected chi connectivity index (χ0v) is 11.7. The van der Waals surface area contributed by atoms with Crippen LogP contribution < -0.4 is 0 Å². The van der Waals surface area contributed by atoms with Gasteiger partial charge in [0.1, 0.15) is 0 Å². The van der Waals surface area contributed by atoms with Crippen LogP contribution in [0.15, 0.2) is 11.0 Å². The summed E-state index contributed by atoms with van der Waals surface area (Å²) >= 11 is 0. The summed E-state index contributed by atoms with van der Waals surface area (Å²) in [6.45, 7) is 5.68. The number of hydrogen-bond acceptors (Lipinski definition) is 5. The van der Waals surface area contributed by atoms with Crippen molar-refractivity contribution in [3.05, 3.63) is 11.0 Å². The fourth-order valence-corrected chi connectivity index (χ4v) is 2.34. The summed E-state index contributed by atoms with van der Waals surface area (Å²) in [6, 6.07) is 0. The van der Waals surface area contributed by atoms with E-state index in [4.69, 9.17) is 14.6 Å². The van der Waals surface area contributed by atoms with E-state index < -0.39 is 22.1 Å². The molecule has 6 nitrogen and oxygen atoms in total. The van der Waals surface area contributed by atoms with Crippen LogP contribution >= 0.6 is 0 Å². The van der Waals surface area contributed by atoms with Gasteiger partial charge in [-0.2, -0.15) is 0 Å². The highest BCUT2D eigenvalue weighted by atomic mass is 32.2. The van der Waals surface area contributed by atoms with Crippen molar-refractivity contribution in [3.63, 3.8) is 0 Å². The van der Waals surface area contributed by atoms with Crippen molar-refractivity contribution in [2.24, 2.45) is 0 Å². The fraction of sp³-hybridized carbons (Fsp3) is 0.727. The minimum Gasteiger partial charge on any atom is -0.478 e. The van der Waals surface area contributed by atoms with E-state index in [-0.39, 0.29) is 17.1 Å². The van der Waals surface area contributed by atoms with E-state index in [1.807, 2.05) is 0 Å². The van der Waals surface area contributed by atoms with Crippen LogP contribution in [0.4, 0.5) is 0 Å². The van der Waals surface area contributed by atoms with Gasteiger partial charge in [-0.15, -0.1) is 0 Å². The molecule has 0 unspecified atom stereocenters. The molecule has 0 bridgehead atoms. The van der Waals surface area contributed by atoms with Crippen molar-refractivity contribution in [2.75, 3.05) is 19.0 Å². The maximum Gasteiger partial charge on any atom is 0.329 e. The Labute approximate surface area is 108 Å². The molecule has 0 saturated carbocycles. The van der Waals surface area contributed by atoms with Crippen LogP contribution in [0.1, 0.15) is 27.2 Å². The first-order chi connectivity index (χ1) is 8.37. The lowest BCUT2D eigenvalue weighted by atomic mass is 10.3. The predicted molar refractivity (Wildman–Crippen MR) is 66.8 cm³/mol. The number of rotatable bonds is 9. The summed E-state index contributed by atoms with van der Waals surface area (Å²) < 4.78 is 33.9. The molecule has 0 aliphatic rings. The lowest BCUT2D eigenvalue weighted by molar-refractivity contribution is -0.134.